The van der Waals surface area contributed by atoms with Crippen LogP contribution in [0.25, 0.3) is 11.5 Å². The maximum absolute atomic E-state index is 12.8. The van der Waals surface area contributed by atoms with Crippen molar-refractivity contribution in [2.24, 2.45) is 0 Å². The predicted octanol–water partition coefficient (Wildman–Crippen LogP) is 3.18. The van der Waals surface area contributed by atoms with Gasteiger partial charge in [-0.15, -0.1) is 10.2 Å². The number of aryl methyl sites for hydroxylation is 1. The van der Waals surface area contributed by atoms with Crippen molar-refractivity contribution in [2.45, 2.75) is 19.3 Å². The van der Waals surface area contributed by atoms with Crippen LogP contribution in [0.15, 0.2) is 52.9 Å². The Balaban J connectivity index is 1.43. The lowest BCUT2D eigenvalue weighted by Gasteiger charge is -2.04. The summed E-state index contributed by atoms with van der Waals surface area (Å²) in [7, 11) is 1.60. The Bertz CT molecular complexity index is 876. The van der Waals surface area contributed by atoms with Crippen LogP contribution in [0.2, 0.25) is 0 Å². The van der Waals surface area contributed by atoms with E-state index in [0.29, 0.717) is 31.2 Å². The van der Waals surface area contributed by atoms with Crippen molar-refractivity contribution < 1.29 is 18.3 Å². The zero-order valence-electron chi connectivity index (χ0n) is 14.9. The monoisotopic (exact) mass is 369 g/mol. The highest BCUT2D eigenvalue weighted by Gasteiger charge is 2.10. The second-order valence-corrected chi connectivity index (χ2v) is 5.96. The van der Waals surface area contributed by atoms with Crippen LogP contribution in [0, 0.1) is 5.82 Å². The highest BCUT2D eigenvalue weighted by atomic mass is 19.1. The molecule has 7 heteroatoms. The summed E-state index contributed by atoms with van der Waals surface area (Å²) in [4.78, 5) is 11.9. The van der Waals surface area contributed by atoms with E-state index in [1.54, 1.807) is 19.2 Å². The minimum atomic E-state index is -0.267. The second-order valence-electron chi connectivity index (χ2n) is 5.96. The Hall–Kier alpha value is -3.22. The number of benzene rings is 2. The molecule has 0 unspecified atom stereocenters. The largest absolute Gasteiger partial charge is 0.497 e. The standard InChI is InChI=1S/C20H20FN3O3/c1-26-17-8-4-15(5-9-17)20-24-23-19(27-20)11-10-18(25)22-13-12-14-2-6-16(21)7-3-14/h2-9H,10-13H2,1H3,(H,22,25). The van der Waals surface area contributed by atoms with Gasteiger partial charge in [-0.2, -0.15) is 0 Å². The predicted molar refractivity (Wildman–Crippen MR) is 97.7 cm³/mol. The number of rotatable bonds is 8. The van der Waals surface area contributed by atoms with E-state index in [1.165, 1.54) is 12.1 Å². The smallest absolute Gasteiger partial charge is 0.247 e. The van der Waals surface area contributed by atoms with Gasteiger partial charge in [0.05, 0.1) is 7.11 Å². The lowest BCUT2D eigenvalue weighted by molar-refractivity contribution is -0.121. The van der Waals surface area contributed by atoms with Crippen molar-refractivity contribution in [3.8, 4) is 17.2 Å². The quantitative estimate of drug-likeness (QED) is 0.660. The number of nitrogens with one attached hydrogen (secondary N) is 1. The molecule has 1 N–H and O–H groups in total. The molecular formula is C20H20FN3O3. The van der Waals surface area contributed by atoms with Crippen LogP contribution >= 0.6 is 0 Å². The van der Waals surface area contributed by atoms with E-state index in [9.17, 15) is 9.18 Å². The van der Waals surface area contributed by atoms with Gasteiger partial charge < -0.3 is 14.5 Å². The van der Waals surface area contributed by atoms with Gasteiger partial charge in [0.1, 0.15) is 11.6 Å². The van der Waals surface area contributed by atoms with Gasteiger partial charge in [-0.05, 0) is 48.4 Å². The van der Waals surface area contributed by atoms with Crippen molar-refractivity contribution in [1.82, 2.24) is 15.5 Å². The Labute approximate surface area is 156 Å². The van der Waals surface area contributed by atoms with Crippen LogP contribution in [-0.2, 0) is 17.6 Å². The van der Waals surface area contributed by atoms with Crippen LogP contribution in [0.1, 0.15) is 17.9 Å². The molecule has 1 amide bonds. The van der Waals surface area contributed by atoms with Crippen LogP contribution in [0.5, 0.6) is 5.75 Å². The number of hydrogen-bond donors (Lipinski definition) is 1. The van der Waals surface area contributed by atoms with Crippen molar-refractivity contribution in [3.05, 3.63) is 65.8 Å². The molecule has 3 aromatic rings. The van der Waals surface area contributed by atoms with E-state index in [1.807, 2.05) is 24.3 Å². The third-order valence-electron chi connectivity index (χ3n) is 4.02. The molecule has 0 aliphatic rings. The second kappa shape index (κ2) is 8.93. The van der Waals surface area contributed by atoms with E-state index >= 15 is 0 Å². The Morgan fingerprint density at radius 3 is 2.52 bits per heavy atom. The molecule has 6 nitrogen and oxygen atoms in total. The number of methoxy groups -OCH3 is 1. The van der Waals surface area contributed by atoms with Gasteiger partial charge in [-0.25, -0.2) is 4.39 Å². The first-order valence-electron chi connectivity index (χ1n) is 8.62. The number of ether oxygens (including phenoxy) is 1. The lowest BCUT2D eigenvalue weighted by Crippen LogP contribution is -2.25. The number of carbonyl (C=O) groups is 1. The van der Waals surface area contributed by atoms with Crippen molar-refractivity contribution in [3.63, 3.8) is 0 Å². The van der Waals surface area contributed by atoms with Crippen LogP contribution < -0.4 is 10.1 Å². The topological polar surface area (TPSA) is 77.2 Å². The summed E-state index contributed by atoms with van der Waals surface area (Å²) in [5.41, 5.74) is 1.76. The summed E-state index contributed by atoms with van der Waals surface area (Å²) < 4.78 is 23.6. The molecule has 0 fully saturated rings. The minimum absolute atomic E-state index is 0.0960. The number of halogens is 1. The Morgan fingerprint density at radius 1 is 1.07 bits per heavy atom. The highest BCUT2D eigenvalue weighted by molar-refractivity contribution is 5.76. The fourth-order valence-corrected chi connectivity index (χ4v) is 2.51. The number of carbonyl (C=O) groups excluding carboxylic acids is 1. The van der Waals surface area contributed by atoms with E-state index in [-0.39, 0.29) is 18.1 Å². The molecule has 0 bridgehead atoms. The molecule has 3 rings (SSSR count). The molecule has 0 spiro atoms. The fraction of sp³-hybridized carbons (Fsp3) is 0.250. The summed E-state index contributed by atoms with van der Waals surface area (Å²) in [6.45, 7) is 0.491. The number of nitrogens with zero attached hydrogens (tertiary/aromatic N) is 2. The lowest BCUT2D eigenvalue weighted by atomic mass is 10.1. The molecule has 1 aromatic heterocycles. The molecule has 0 saturated heterocycles. The van der Waals surface area contributed by atoms with E-state index in [4.69, 9.17) is 9.15 Å². The third-order valence-corrected chi connectivity index (χ3v) is 4.02. The zero-order chi connectivity index (χ0) is 19.1. The summed E-state index contributed by atoms with van der Waals surface area (Å²) in [5.74, 6) is 1.20. The number of hydrogen-bond acceptors (Lipinski definition) is 5. The third kappa shape index (κ3) is 5.37. The number of aromatic nitrogens is 2. The molecule has 0 aliphatic heterocycles. The molecule has 0 atom stereocenters. The minimum Gasteiger partial charge on any atom is -0.497 e. The molecule has 0 radical (unpaired) electrons. The average Bonchev–Trinajstić information content (AvgIpc) is 3.17. The van der Waals surface area contributed by atoms with E-state index < -0.39 is 0 Å². The molecule has 140 valence electrons. The number of amides is 1. The van der Waals surface area contributed by atoms with E-state index in [0.717, 1.165) is 16.9 Å². The summed E-state index contributed by atoms with van der Waals surface area (Å²) >= 11 is 0. The maximum atomic E-state index is 12.8. The van der Waals surface area contributed by atoms with Crippen molar-refractivity contribution in [2.75, 3.05) is 13.7 Å². The van der Waals surface area contributed by atoms with Gasteiger partial charge in [0.25, 0.3) is 0 Å². The first-order chi connectivity index (χ1) is 13.1. The maximum Gasteiger partial charge on any atom is 0.247 e. The Kier molecular flexibility index (Phi) is 6.14. The first-order valence-corrected chi connectivity index (χ1v) is 8.62. The molecule has 1 heterocycles. The van der Waals surface area contributed by atoms with Gasteiger partial charge in [-0.3, -0.25) is 4.79 Å². The van der Waals surface area contributed by atoms with E-state index in [2.05, 4.69) is 15.5 Å². The highest BCUT2D eigenvalue weighted by Crippen LogP contribution is 2.21. The van der Waals surface area contributed by atoms with Gasteiger partial charge in [-0.1, -0.05) is 12.1 Å². The molecule has 27 heavy (non-hydrogen) atoms. The summed E-state index contributed by atoms with van der Waals surface area (Å²) in [5, 5.41) is 10.8. The van der Waals surface area contributed by atoms with Gasteiger partial charge in [0, 0.05) is 24.9 Å². The summed E-state index contributed by atoms with van der Waals surface area (Å²) in [6, 6.07) is 13.5. The van der Waals surface area contributed by atoms with Gasteiger partial charge in [0.15, 0.2) is 0 Å². The van der Waals surface area contributed by atoms with Crippen LogP contribution in [0.3, 0.4) is 0 Å². The molecular weight excluding hydrogens is 349 g/mol. The fourth-order valence-electron chi connectivity index (χ4n) is 2.51. The van der Waals surface area contributed by atoms with Crippen molar-refractivity contribution in [1.29, 1.82) is 0 Å². The normalized spacial score (nSPS) is 10.6. The molecule has 0 aliphatic carbocycles. The first kappa shape index (κ1) is 18.6. The average molecular weight is 369 g/mol. The zero-order valence-corrected chi connectivity index (χ0v) is 14.9. The summed E-state index contributed by atoms with van der Waals surface area (Å²) in [6.07, 6.45) is 1.27. The van der Waals surface area contributed by atoms with Gasteiger partial charge in [0.2, 0.25) is 17.7 Å². The molecule has 2 aromatic carbocycles. The molecule has 0 saturated carbocycles. The Morgan fingerprint density at radius 2 is 1.81 bits per heavy atom. The van der Waals surface area contributed by atoms with Crippen molar-refractivity contribution >= 4 is 5.91 Å². The van der Waals surface area contributed by atoms with Crippen LogP contribution in [0.4, 0.5) is 4.39 Å². The van der Waals surface area contributed by atoms with Gasteiger partial charge >= 0.3 is 0 Å². The SMILES string of the molecule is COc1ccc(-c2nnc(CCC(=O)NCCc3ccc(F)cc3)o2)cc1. The van der Waals surface area contributed by atoms with Crippen LogP contribution in [-0.4, -0.2) is 29.8 Å².